The summed E-state index contributed by atoms with van der Waals surface area (Å²) in [5.41, 5.74) is 0.875. The summed E-state index contributed by atoms with van der Waals surface area (Å²) in [5, 5.41) is 1.81. The number of alkyl halides is 1. The molecule has 0 bridgehead atoms. The minimum absolute atomic E-state index is 0.364. The molecule has 1 aliphatic heterocycles. The van der Waals surface area contributed by atoms with Crippen LogP contribution in [-0.2, 0) is 15.9 Å². The number of nitrogens with zero attached hydrogens (tertiary/aromatic N) is 1. The van der Waals surface area contributed by atoms with Gasteiger partial charge in [0, 0.05) is 19.0 Å². The average molecular weight is 294 g/mol. The van der Waals surface area contributed by atoms with Crippen LogP contribution in [0.15, 0.2) is 15.7 Å². The Morgan fingerprint density at radius 2 is 2.35 bits per heavy atom. The van der Waals surface area contributed by atoms with Crippen LogP contribution in [0, 0.1) is 5.92 Å². The number of hydrogen-bond donors (Lipinski definition) is 0. The average Bonchev–Trinajstić information content (AvgIpc) is 2.78. The molecular weight excluding hydrogens is 278 g/mol. The lowest BCUT2D eigenvalue weighted by Gasteiger charge is -2.29. The molecule has 1 aromatic rings. The second-order valence-corrected chi connectivity index (χ2v) is 7.86. The molecule has 0 N–H and O–H groups in total. The molecule has 0 aliphatic carbocycles. The molecule has 2 heterocycles. The third kappa shape index (κ3) is 2.84. The van der Waals surface area contributed by atoms with E-state index in [-0.39, 0.29) is 0 Å². The molecule has 1 saturated heterocycles. The van der Waals surface area contributed by atoms with Gasteiger partial charge in [-0.05, 0) is 35.8 Å². The fraction of sp³-hybridized carbons (Fsp3) is 0.636. The second kappa shape index (κ2) is 5.26. The molecule has 17 heavy (non-hydrogen) atoms. The predicted octanol–water partition coefficient (Wildman–Crippen LogP) is 2.91. The smallest absolute Gasteiger partial charge is 0.206 e. The van der Waals surface area contributed by atoms with Gasteiger partial charge >= 0.3 is 0 Å². The van der Waals surface area contributed by atoms with Gasteiger partial charge in [0.15, 0.2) is 0 Å². The molecular formula is C11H16ClNO2S2. The molecule has 0 radical (unpaired) electrons. The molecule has 6 heteroatoms. The number of sulfonamides is 1. The Hall–Kier alpha value is -0.100. The van der Waals surface area contributed by atoms with Gasteiger partial charge in [-0.1, -0.05) is 6.92 Å². The van der Waals surface area contributed by atoms with Gasteiger partial charge in [0.25, 0.3) is 10.0 Å². The second-order valence-electron chi connectivity index (χ2n) is 4.52. The zero-order valence-electron chi connectivity index (χ0n) is 9.73. The van der Waals surface area contributed by atoms with E-state index in [1.54, 1.807) is 10.4 Å². The van der Waals surface area contributed by atoms with E-state index >= 15 is 0 Å². The van der Waals surface area contributed by atoms with Crippen LogP contribution in [0.4, 0.5) is 0 Å². The van der Waals surface area contributed by atoms with E-state index in [2.05, 4.69) is 6.92 Å². The summed E-state index contributed by atoms with van der Waals surface area (Å²) in [6, 6.07) is 1.69. The van der Waals surface area contributed by atoms with Crippen molar-refractivity contribution in [1.29, 1.82) is 0 Å². The van der Waals surface area contributed by atoms with Crippen LogP contribution in [0.3, 0.4) is 0 Å². The van der Waals surface area contributed by atoms with E-state index < -0.39 is 10.0 Å². The van der Waals surface area contributed by atoms with Gasteiger partial charge in [-0.2, -0.15) is 4.31 Å². The Kier molecular flexibility index (Phi) is 4.13. The maximum Gasteiger partial charge on any atom is 0.252 e. The molecule has 96 valence electrons. The zero-order chi connectivity index (χ0) is 12.5. The van der Waals surface area contributed by atoms with Gasteiger partial charge in [0.1, 0.15) is 4.21 Å². The van der Waals surface area contributed by atoms with Gasteiger partial charge in [-0.3, -0.25) is 0 Å². The topological polar surface area (TPSA) is 37.4 Å². The summed E-state index contributed by atoms with van der Waals surface area (Å²) in [7, 11) is -3.29. The largest absolute Gasteiger partial charge is 0.252 e. The molecule has 1 aromatic heterocycles. The van der Waals surface area contributed by atoms with Gasteiger partial charge in [0.2, 0.25) is 0 Å². The number of halogens is 1. The monoisotopic (exact) mass is 293 g/mol. The van der Waals surface area contributed by atoms with Crippen molar-refractivity contribution in [3.05, 3.63) is 17.0 Å². The van der Waals surface area contributed by atoms with Gasteiger partial charge in [-0.25, -0.2) is 8.42 Å². The quantitative estimate of drug-likeness (QED) is 0.804. The summed E-state index contributed by atoms with van der Waals surface area (Å²) >= 11 is 6.96. The molecule has 1 unspecified atom stereocenters. The van der Waals surface area contributed by atoms with Crippen LogP contribution in [0.2, 0.25) is 0 Å². The number of hydrogen-bond acceptors (Lipinski definition) is 3. The maximum absolute atomic E-state index is 12.4. The lowest BCUT2D eigenvalue weighted by atomic mass is 10.0. The fourth-order valence-electron chi connectivity index (χ4n) is 2.05. The third-order valence-corrected chi connectivity index (χ3v) is 6.64. The number of piperidine rings is 1. The summed E-state index contributed by atoms with van der Waals surface area (Å²) < 4.78 is 26.7. The first-order valence-corrected chi connectivity index (χ1v) is 8.53. The van der Waals surface area contributed by atoms with Crippen molar-refractivity contribution in [3.8, 4) is 0 Å². The van der Waals surface area contributed by atoms with Crippen LogP contribution >= 0.6 is 22.9 Å². The lowest BCUT2D eigenvalue weighted by Crippen LogP contribution is -2.38. The molecule has 1 aliphatic rings. The Labute approximate surface area is 111 Å². The van der Waals surface area contributed by atoms with Crippen molar-refractivity contribution in [1.82, 2.24) is 4.31 Å². The first kappa shape index (κ1) is 13.3. The summed E-state index contributed by atoms with van der Waals surface area (Å²) in [6.07, 6.45) is 2.07. The first-order valence-electron chi connectivity index (χ1n) is 5.67. The van der Waals surface area contributed by atoms with Crippen molar-refractivity contribution in [3.63, 3.8) is 0 Å². The molecule has 2 rings (SSSR count). The Morgan fingerprint density at radius 1 is 1.59 bits per heavy atom. The van der Waals surface area contributed by atoms with Crippen LogP contribution in [0.25, 0.3) is 0 Å². The highest BCUT2D eigenvalue weighted by Gasteiger charge is 2.29. The van der Waals surface area contributed by atoms with E-state index in [0.717, 1.165) is 18.4 Å². The van der Waals surface area contributed by atoms with Crippen molar-refractivity contribution in [2.45, 2.75) is 29.9 Å². The van der Waals surface area contributed by atoms with Crippen LogP contribution in [-0.4, -0.2) is 25.8 Å². The highest BCUT2D eigenvalue weighted by atomic mass is 35.5. The summed E-state index contributed by atoms with van der Waals surface area (Å²) in [6.45, 7) is 3.37. The maximum atomic E-state index is 12.4. The minimum atomic E-state index is -3.29. The van der Waals surface area contributed by atoms with Crippen LogP contribution < -0.4 is 0 Å². The van der Waals surface area contributed by atoms with Crippen molar-refractivity contribution >= 4 is 33.0 Å². The standard InChI is InChI=1S/C11H16ClNO2S2/c1-9-3-2-4-13(7-9)17(14,15)11-5-10(6-12)8-16-11/h5,8-9H,2-4,6-7H2,1H3. The predicted molar refractivity (Wildman–Crippen MR) is 71.0 cm³/mol. The highest BCUT2D eigenvalue weighted by Crippen LogP contribution is 2.28. The molecule has 3 nitrogen and oxygen atoms in total. The normalized spacial score (nSPS) is 22.8. The van der Waals surface area contributed by atoms with E-state index in [4.69, 9.17) is 11.6 Å². The summed E-state index contributed by atoms with van der Waals surface area (Å²) in [4.78, 5) is 0. The lowest BCUT2D eigenvalue weighted by molar-refractivity contribution is 0.281. The SMILES string of the molecule is CC1CCCN(S(=O)(=O)c2cc(CCl)cs2)C1. The fourth-order valence-corrected chi connectivity index (χ4v) is 5.26. The Bertz CT molecular complexity index is 483. The molecule has 1 atom stereocenters. The molecule has 0 amide bonds. The van der Waals surface area contributed by atoms with Gasteiger partial charge in [-0.15, -0.1) is 22.9 Å². The van der Waals surface area contributed by atoms with E-state index in [1.165, 1.54) is 11.3 Å². The van der Waals surface area contributed by atoms with E-state index in [9.17, 15) is 8.42 Å². The molecule has 0 spiro atoms. The molecule has 0 saturated carbocycles. The van der Waals surface area contributed by atoms with Gasteiger partial charge < -0.3 is 0 Å². The highest BCUT2D eigenvalue weighted by molar-refractivity contribution is 7.91. The first-order chi connectivity index (χ1) is 8.04. The van der Waals surface area contributed by atoms with Crippen molar-refractivity contribution < 1.29 is 8.42 Å². The summed E-state index contributed by atoms with van der Waals surface area (Å²) in [5.74, 6) is 0.814. The molecule has 1 fully saturated rings. The Morgan fingerprint density at radius 3 is 2.94 bits per heavy atom. The number of rotatable bonds is 3. The number of thiophene rings is 1. The van der Waals surface area contributed by atoms with Crippen molar-refractivity contribution in [2.75, 3.05) is 13.1 Å². The van der Waals surface area contributed by atoms with E-state index in [1.807, 2.05) is 5.38 Å². The van der Waals surface area contributed by atoms with Crippen molar-refractivity contribution in [2.24, 2.45) is 5.92 Å². The zero-order valence-corrected chi connectivity index (χ0v) is 12.1. The third-order valence-electron chi connectivity index (χ3n) is 3.00. The van der Waals surface area contributed by atoms with Gasteiger partial charge in [0.05, 0.1) is 0 Å². The minimum Gasteiger partial charge on any atom is -0.206 e. The van der Waals surface area contributed by atoms with E-state index in [0.29, 0.717) is 29.1 Å². The van der Waals surface area contributed by atoms with Crippen LogP contribution in [0.1, 0.15) is 25.3 Å². The molecule has 0 aromatic carbocycles. The Balaban J connectivity index is 2.23. The van der Waals surface area contributed by atoms with Crippen LogP contribution in [0.5, 0.6) is 0 Å².